The van der Waals surface area contributed by atoms with E-state index in [9.17, 15) is 0 Å². The quantitative estimate of drug-likeness (QED) is 0.586. The summed E-state index contributed by atoms with van der Waals surface area (Å²) < 4.78 is 7.30. The van der Waals surface area contributed by atoms with Crippen LogP contribution in [0.25, 0.3) is 0 Å². The molecule has 1 unspecified atom stereocenters. The van der Waals surface area contributed by atoms with Crippen molar-refractivity contribution in [2.45, 2.75) is 33.2 Å². The summed E-state index contributed by atoms with van der Waals surface area (Å²) in [5.74, 6) is -1.48. The van der Waals surface area contributed by atoms with Gasteiger partial charge in [0.15, 0.2) is 0 Å². The summed E-state index contributed by atoms with van der Waals surface area (Å²) >= 11 is 11.3. The molecule has 0 aliphatic carbocycles. The van der Waals surface area contributed by atoms with Gasteiger partial charge in [0, 0.05) is 11.7 Å². The summed E-state index contributed by atoms with van der Waals surface area (Å²) in [5, 5.41) is 0. The van der Waals surface area contributed by atoms with Crippen molar-refractivity contribution in [2.24, 2.45) is 0 Å². The first kappa shape index (κ1) is 10.4. The molecule has 0 saturated carbocycles. The lowest BCUT2D eigenvalue weighted by molar-refractivity contribution is 0.336. The van der Waals surface area contributed by atoms with E-state index in [2.05, 4.69) is 20.8 Å². The van der Waals surface area contributed by atoms with E-state index >= 15 is 0 Å². The van der Waals surface area contributed by atoms with Gasteiger partial charge in [-0.1, -0.05) is 0 Å². The fourth-order valence-corrected chi connectivity index (χ4v) is 4.91. The van der Waals surface area contributed by atoms with Crippen molar-refractivity contribution < 1.29 is 4.52 Å². The minimum Gasteiger partial charge on any atom is -0.440 e. The average molecular weight is 226 g/mol. The van der Waals surface area contributed by atoms with Crippen molar-refractivity contribution >= 4 is 28.8 Å². The molecule has 5 heteroatoms. The van der Waals surface area contributed by atoms with Crippen molar-refractivity contribution in [1.29, 1.82) is 0 Å². The first-order chi connectivity index (χ1) is 5.23. The molecule has 1 aliphatic rings. The van der Waals surface area contributed by atoms with Crippen LogP contribution in [0.2, 0.25) is 0 Å². The lowest BCUT2D eigenvalue weighted by Crippen LogP contribution is -2.31. The topological polar surface area (TPSA) is 12.5 Å². The molecular weight excluding hydrogens is 213 g/mol. The van der Waals surface area contributed by atoms with Crippen LogP contribution in [0.3, 0.4) is 0 Å². The molecule has 0 spiro atoms. The molecule has 12 heavy (non-hydrogen) atoms. The standard InChI is InChI=1S/C7H13ClNOPS/c1-6-5-9(7(2,3)4)11(8,12)10-6/h5H,1-4H3. The Morgan fingerprint density at radius 2 is 2.08 bits per heavy atom. The molecular formula is C7H13ClNOPS. The van der Waals surface area contributed by atoms with Gasteiger partial charge in [-0.25, -0.2) is 0 Å². The van der Waals surface area contributed by atoms with E-state index < -0.39 is 5.77 Å². The number of rotatable bonds is 0. The predicted molar refractivity (Wildman–Crippen MR) is 56.6 cm³/mol. The van der Waals surface area contributed by atoms with Crippen LogP contribution in [0, 0.1) is 0 Å². The zero-order chi connectivity index (χ0) is 9.57. The van der Waals surface area contributed by atoms with E-state index in [4.69, 9.17) is 27.6 Å². The highest BCUT2D eigenvalue weighted by Crippen LogP contribution is 2.64. The Kier molecular flexibility index (Phi) is 2.50. The van der Waals surface area contributed by atoms with Crippen LogP contribution in [0.5, 0.6) is 0 Å². The molecule has 0 aromatic rings. The number of allylic oxidation sites excluding steroid dienone is 1. The van der Waals surface area contributed by atoms with Gasteiger partial charge in [-0.2, -0.15) is 0 Å². The second kappa shape index (κ2) is 2.90. The molecule has 0 N–H and O–H groups in total. The molecule has 1 aliphatic heterocycles. The molecule has 70 valence electrons. The van der Waals surface area contributed by atoms with Gasteiger partial charge >= 0.3 is 0 Å². The maximum absolute atomic E-state index is 6.09. The normalized spacial score (nSPS) is 30.1. The monoisotopic (exact) mass is 225 g/mol. The van der Waals surface area contributed by atoms with Gasteiger partial charge in [0.2, 0.25) is 0 Å². The Bertz CT molecular complexity index is 271. The fourth-order valence-electron chi connectivity index (χ4n) is 1.04. The zero-order valence-corrected chi connectivity index (χ0v) is 10.1. The summed E-state index contributed by atoms with van der Waals surface area (Å²) in [5.41, 5.74) is -0.0605. The Morgan fingerprint density at radius 3 is 2.25 bits per heavy atom. The van der Waals surface area contributed by atoms with Crippen LogP contribution in [0.1, 0.15) is 27.7 Å². The van der Waals surface area contributed by atoms with E-state index in [1.165, 1.54) is 0 Å². The Balaban J connectivity index is 2.98. The minimum atomic E-state index is -2.28. The summed E-state index contributed by atoms with van der Waals surface area (Å²) in [7, 11) is 0. The van der Waals surface area contributed by atoms with E-state index in [0.717, 1.165) is 5.76 Å². The molecule has 0 aromatic heterocycles. The molecule has 1 rings (SSSR count). The van der Waals surface area contributed by atoms with Gasteiger partial charge in [-0.05, 0) is 50.7 Å². The molecule has 1 heterocycles. The fraction of sp³-hybridized carbons (Fsp3) is 0.714. The molecule has 2 nitrogen and oxygen atoms in total. The predicted octanol–water partition coefficient (Wildman–Crippen LogP) is 3.44. The van der Waals surface area contributed by atoms with Crippen molar-refractivity contribution in [1.82, 2.24) is 4.67 Å². The van der Waals surface area contributed by atoms with Crippen molar-refractivity contribution in [3.63, 3.8) is 0 Å². The van der Waals surface area contributed by atoms with Gasteiger partial charge in [-0.3, -0.25) is 0 Å². The van der Waals surface area contributed by atoms with E-state index in [-0.39, 0.29) is 5.54 Å². The van der Waals surface area contributed by atoms with E-state index in [1.54, 1.807) is 0 Å². The first-order valence-electron chi connectivity index (χ1n) is 3.71. The third-order valence-corrected chi connectivity index (χ3v) is 4.70. The van der Waals surface area contributed by atoms with Gasteiger partial charge in [0.05, 0.1) is 0 Å². The minimum absolute atomic E-state index is 0.0605. The second-order valence-corrected chi connectivity index (χ2v) is 8.78. The summed E-state index contributed by atoms with van der Waals surface area (Å²) in [6.07, 6.45) is 1.90. The lowest BCUT2D eigenvalue weighted by atomic mass is 10.1. The summed E-state index contributed by atoms with van der Waals surface area (Å²) in [6.45, 7) is 8.06. The second-order valence-electron chi connectivity index (χ2n) is 3.80. The van der Waals surface area contributed by atoms with Gasteiger partial charge in [0.25, 0.3) is 5.77 Å². The SMILES string of the molecule is CC1=CN(C(C)(C)C)P(=S)(Cl)O1. The van der Waals surface area contributed by atoms with E-state index in [1.807, 2.05) is 17.8 Å². The number of nitrogens with zero attached hydrogens (tertiary/aromatic N) is 1. The third kappa shape index (κ3) is 1.95. The highest BCUT2D eigenvalue weighted by atomic mass is 35.7. The van der Waals surface area contributed by atoms with Crippen molar-refractivity contribution in [2.75, 3.05) is 0 Å². The highest BCUT2D eigenvalue weighted by Gasteiger charge is 2.37. The van der Waals surface area contributed by atoms with Gasteiger partial charge in [0.1, 0.15) is 5.76 Å². The zero-order valence-electron chi connectivity index (χ0n) is 7.67. The number of halogens is 1. The lowest BCUT2D eigenvalue weighted by Gasteiger charge is -2.34. The Labute approximate surface area is 83.5 Å². The third-order valence-electron chi connectivity index (χ3n) is 1.51. The average Bonchev–Trinajstić information content (AvgIpc) is 2.02. The van der Waals surface area contributed by atoms with Crippen molar-refractivity contribution in [3.8, 4) is 0 Å². The molecule has 0 fully saturated rings. The Hall–Kier alpha value is 0.280. The number of hydrogen-bond acceptors (Lipinski definition) is 2. The van der Waals surface area contributed by atoms with E-state index in [0.29, 0.717) is 0 Å². The molecule has 0 bridgehead atoms. The molecule has 0 radical (unpaired) electrons. The van der Waals surface area contributed by atoms with Crippen LogP contribution >= 0.6 is 17.0 Å². The van der Waals surface area contributed by atoms with Crippen LogP contribution < -0.4 is 0 Å². The largest absolute Gasteiger partial charge is 0.440 e. The molecule has 1 atom stereocenters. The Morgan fingerprint density at radius 1 is 1.58 bits per heavy atom. The summed E-state index contributed by atoms with van der Waals surface area (Å²) in [4.78, 5) is 0. The highest BCUT2D eigenvalue weighted by molar-refractivity contribution is 8.23. The first-order valence-corrected chi connectivity index (χ1v) is 7.29. The van der Waals surface area contributed by atoms with Crippen LogP contribution in [-0.2, 0) is 16.3 Å². The van der Waals surface area contributed by atoms with Crippen molar-refractivity contribution in [3.05, 3.63) is 12.0 Å². The smallest absolute Gasteiger partial charge is 0.296 e. The van der Waals surface area contributed by atoms with Crippen LogP contribution in [0.15, 0.2) is 12.0 Å². The number of hydrogen-bond donors (Lipinski definition) is 0. The maximum atomic E-state index is 6.09. The maximum Gasteiger partial charge on any atom is 0.296 e. The summed E-state index contributed by atoms with van der Waals surface area (Å²) in [6, 6.07) is 0. The van der Waals surface area contributed by atoms with Gasteiger partial charge in [-0.15, -0.1) is 0 Å². The molecule has 0 amide bonds. The van der Waals surface area contributed by atoms with Crippen LogP contribution in [0.4, 0.5) is 0 Å². The van der Waals surface area contributed by atoms with Gasteiger partial charge < -0.3 is 9.19 Å². The van der Waals surface area contributed by atoms with Crippen LogP contribution in [-0.4, -0.2) is 10.2 Å². The molecule has 0 saturated heterocycles. The molecule has 0 aromatic carbocycles.